The number of carbonyl (C=O) groups excluding carboxylic acids is 1. The lowest BCUT2D eigenvalue weighted by molar-refractivity contribution is -0.124. The summed E-state index contributed by atoms with van der Waals surface area (Å²) in [5, 5.41) is 3.59. The molecule has 1 unspecified atom stereocenters. The number of anilines is 1. The van der Waals surface area contributed by atoms with Crippen LogP contribution in [0.1, 0.15) is 38.3 Å². The van der Waals surface area contributed by atoms with Crippen molar-refractivity contribution in [2.45, 2.75) is 32.7 Å². The Morgan fingerprint density at radius 3 is 2.54 bits per heavy atom. The van der Waals surface area contributed by atoms with Gasteiger partial charge < -0.3 is 14.8 Å². The molecule has 2 atom stereocenters. The molecule has 1 aliphatic carbocycles. The SMILES string of the molecule is COc1ccc([C@H]2Nc3ccccc3N=C3CC(C)(C)CC(=O)C32)cc1OC. The lowest BCUT2D eigenvalue weighted by Crippen LogP contribution is -2.42. The number of para-hydroxylation sites is 2. The molecule has 0 spiro atoms. The monoisotopic (exact) mass is 378 g/mol. The summed E-state index contributed by atoms with van der Waals surface area (Å²) in [5.41, 5.74) is 3.69. The van der Waals surface area contributed by atoms with Crippen molar-refractivity contribution in [3.63, 3.8) is 0 Å². The summed E-state index contributed by atoms with van der Waals surface area (Å²) in [6.45, 7) is 4.28. The number of hydrogen-bond acceptors (Lipinski definition) is 5. The van der Waals surface area contributed by atoms with Crippen LogP contribution in [0.25, 0.3) is 0 Å². The molecule has 5 heteroatoms. The Balaban J connectivity index is 1.85. The molecule has 2 aliphatic rings. The van der Waals surface area contributed by atoms with Crippen molar-refractivity contribution >= 4 is 22.9 Å². The number of hydrogen-bond donors (Lipinski definition) is 1. The van der Waals surface area contributed by atoms with Crippen molar-refractivity contribution in [1.82, 2.24) is 0 Å². The van der Waals surface area contributed by atoms with E-state index in [1.165, 1.54) is 0 Å². The van der Waals surface area contributed by atoms with Crippen molar-refractivity contribution in [3.8, 4) is 11.5 Å². The molecule has 1 aliphatic heterocycles. The summed E-state index contributed by atoms with van der Waals surface area (Å²) in [4.78, 5) is 18.2. The molecule has 0 saturated heterocycles. The topological polar surface area (TPSA) is 59.9 Å². The Morgan fingerprint density at radius 2 is 1.79 bits per heavy atom. The van der Waals surface area contributed by atoms with Gasteiger partial charge in [0.25, 0.3) is 0 Å². The smallest absolute Gasteiger partial charge is 0.161 e. The van der Waals surface area contributed by atoms with Crippen molar-refractivity contribution in [2.24, 2.45) is 16.3 Å². The van der Waals surface area contributed by atoms with E-state index in [4.69, 9.17) is 14.5 Å². The first-order valence-electron chi connectivity index (χ1n) is 9.59. The second kappa shape index (κ2) is 6.97. The molecule has 2 aromatic carbocycles. The first-order valence-corrected chi connectivity index (χ1v) is 9.59. The molecule has 5 nitrogen and oxygen atoms in total. The Hall–Kier alpha value is -2.82. The number of rotatable bonds is 3. The molecule has 0 bridgehead atoms. The van der Waals surface area contributed by atoms with E-state index in [2.05, 4.69) is 19.2 Å². The fourth-order valence-electron chi connectivity index (χ4n) is 4.34. The number of benzene rings is 2. The molecular formula is C23H26N2O3. The molecule has 1 saturated carbocycles. The van der Waals surface area contributed by atoms with Crippen LogP contribution in [0, 0.1) is 11.3 Å². The van der Waals surface area contributed by atoms with Gasteiger partial charge in [-0.3, -0.25) is 9.79 Å². The number of Topliss-reactive ketones (excluding diaryl/α,β-unsaturated/α-hetero) is 1. The fraction of sp³-hybridized carbons (Fsp3) is 0.391. The molecule has 1 fully saturated rings. The van der Waals surface area contributed by atoms with E-state index >= 15 is 0 Å². The molecule has 0 radical (unpaired) electrons. The predicted molar refractivity (Wildman–Crippen MR) is 111 cm³/mol. The number of nitrogens with zero attached hydrogens (tertiary/aromatic N) is 1. The van der Waals surface area contributed by atoms with Gasteiger partial charge in [-0.2, -0.15) is 0 Å². The molecule has 1 N–H and O–H groups in total. The number of ether oxygens (including phenoxy) is 2. The summed E-state index contributed by atoms with van der Waals surface area (Å²) in [7, 11) is 3.24. The maximum absolute atomic E-state index is 13.2. The van der Waals surface area contributed by atoms with Crippen LogP contribution in [0.2, 0.25) is 0 Å². The van der Waals surface area contributed by atoms with Crippen LogP contribution in [0.15, 0.2) is 47.5 Å². The van der Waals surface area contributed by atoms with Crippen LogP contribution in [0.5, 0.6) is 11.5 Å². The third-order valence-corrected chi connectivity index (χ3v) is 5.60. The normalized spacial score (nSPS) is 22.9. The number of carbonyl (C=O) groups is 1. The molecule has 146 valence electrons. The lowest BCUT2D eigenvalue weighted by Gasteiger charge is -2.37. The van der Waals surface area contributed by atoms with Crippen LogP contribution in [-0.4, -0.2) is 25.7 Å². The maximum Gasteiger partial charge on any atom is 0.161 e. The summed E-state index contributed by atoms with van der Waals surface area (Å²) < 4.78 is 10.9. The number of ketones is 1. The van der Waals surface area contributed by atoms with Gasteiger partial charge in [0.05, 0.1) is 37.6 Å². The number of nitrogens with one attached hydrogen (secondary N) is 1. The van der Waals surface area contributed by atoms with Gasteiger partial charge in [-0.25, -0.2) is 0 Å². The molecule has 28 heavy (non-hydrogen) atoms. The molecule has 0 amide bonds. The first kappa shape index (κ1) is 18.5. The van der Waals surface area contributed by atoms with E-state index in [-0.39, 0.29) is 23.2 Å². The first-order chi connectivity index (χ1) is 13.4. The minimum absolute atomic E-state index is 0.0755. The Labute approximate surface area is 165 Å². The number of fused-ring (bicyclic) bond motifs is 2. The quantitative estimate of drug-likeness (QED) is 0.821. The highest BCUT2D eigenvalue weighted by Gasteiger charge is 2.44. The van der Waals surface area contributed by atoms with Crippen LogP contribution in [-0.2, 0) is 4.79 Å². The summed E-state index contributed by atoms with van der Waals surface area (Å²) in [6.07, 6.45) is 1.36. The van der Waals surface area contributed by atoms with E-state index in [1.807, 2.05) is 42.5 Å². The predicted octanol–water partition coefficient (Wildman–Crippen LogP) is 4.95. The van der Waals surface area contributed by atoms with Gasteiger partial charge in [0.2, 0.25) is 0 Å². The summed E-state index contributed by atoms with van der Waals surface area (Å²) in [6, 6.07) is 13.6. The molecule has 4 rings (SSSR count). The minimum Gasteiger partial charge on any atom is -0.493 e. The van der Waals surface area contributed by atoms with Crippen LogP contribution in [0.4, 0.5) is 11.4 Å². The van der Waals surface area contributed by atoms with E-state index in [9.17, 15) is 4.79 Å². The largest absolute Gasteiger partial charge is 0.493 e. The average molecular weight is 378 g/mol. The third-order valence-electron chi connectivity index (χ3n) is 5.60. The van der Waals surface area contributed by atoms with E-state index in [1.54, 1.807) is 14.2 Å². The van der Waals surface area contributed by atoms with Gasteiger partial charge in [-0.1, -0.05) is 32.0 Å². The third kappa shape index (κ3) is 3.26. The van der Waals surface area contributed by atoms with E-state index in [0.29, 0.717) is 17.9 Å². The summed E-state index contributed by atoms with van der Waals surface area (Å²) >= 11 is 0. The minimum atomic E-state index is -0.293. The lowest BCUT2D eigenvalue weighted by atomic mass is 9.68. The van der Waals surface area contributed by atoms with Crippen molar-refractivity contribution in [2.75, 3.05) is 19.5 Å². The standard InChI is InChI=1S/C23H26N2O3/c1-23(2)12-17-21(18(26)13-23)22(25-16-8-6-5-7-15(16)24-17)14-9-10-19(27-3)20(11-14)28-4/h5-11,21-22,25H,12-13H2,1-4H3/t21?,22-/m1/s1. The molecule has 2 aromatic rings. The van der Waals surface area contributed by atoms with Crippen LogP contribution < -0.4 is 14.8 Å². The summed E-state index contributed by atoms with van der Waals surface area (Å²) in [5.74, 6) is 1.26. The second-order valence-corrected chi connectivity index (χ2v) is 8.32. The van der Waals surface area contributed by atoms with E-state index in [0.717, 1.165) is 29.1 Å². The number of methoxy groups -OCH3 is 2. The zero-order valence-electron chi connectivity index (χ0n) is 16.8. The van der Waals surface area contributed by atoms with Crippen molar-refractivity contribution < 1.29 is 14.3 Å². The molecule has 0 aromatic heterocycles. The van der Waals surface area contributed by atoms with E-state index < -0.39 is 0 Å². The molecule has 1 heterocycles. The maximum atomic E-state index is 13.2. The van der Waals surface area contributed by atoms with Gasteiger partial charge >= 0.3 is 0 Å². The number of aliphatic imine (C=N–C) groups is 1. The highest BCUT2D eigenvalue weighted by molar-refractivity contribution is 6.10. The highest BCUT2D eigenvalue weighted by atomic mass is 16.5. The zero-order valence-corrected chi connectivity index (χ0v) is 16.8. The van der Waals surface area contributed by atoms with Gasteiger partial charge in [0.1, 0.15) is 5.78 Å². The Morgan fingerprint density at radius 1 is 1.04 bits per heavy atom. The van der Waals surface area contributed by atoms with Gasteiger partial charge in [-0.05, 0) is 41.7 Å². The fourth-order valence-corrected chi connectivity index (χ4v) is 4.34. The van der Waals surface area contributed by atoms with Crippen molar-refractivity contribution in [1.29, 1.82) is 0 Å². The Bertz CT molecular complexity index is 949. The van der Waals surface area contributed by atoms with Gasteiger partial charge in [0.15, 0.2) is 11.5 Å². The molecular weight excluding hydrogens is 352 g/mol. The second-order valence-electron chi connectivity index (χ2n) is 8.32. The average Bonchev–Trinajstić information content (AvgIpc) is 2.82. The van der Waals surface area contributed by atoms with Gasteiger partial charge in [0, 0.05) is 12.1 Å². The van der Waals surface area contributed by atoms with Crippen molar-refractivity contribution in [3.05, 3.63) is 48.0 Å². The zero-order chi connectivity index (χ0) is 19.9. The van der Waals surface area contributed by atoms with Gasteiger partial charge in [-0.15, -0.1) is 0 Å². The Kier molecular flexibility index (Phi) is 4.61. The van der Waals surface area contributed by atoms with Crippen LogP contribution >= 0.6 is 0 Å². The highest BCUT2D eigenvalue weighted by Crippen LogP contribution is 2.45. The van der Waals surface area contributed by atoms with Crippen LogP contribution in [0.3, 0.4) is 0 Å².